The Labute approximate surface area is 140 Å². The summed E-state index contributed by atoms with van der Waals surface area (Å²) in [4.78, 5) is 17.8. The van der Waals surface area contributed by atoms with Crippen LogP contribution in [0.1, 0.15) is 44.9 Å². The van der Waals surface area contributed by atoms with Crippen molar-refractivity contribution in [3.05, 3.63) is 0 Å². The maximum absolute atomic E-state index is 11.8. The number of likely N-dealkylation sites (N-methyl/N-ethyl adjacent to an activating group) is 1. The third-order valence-electron chi connectivity index (χ3n) is 4.68. The molecular weight excluding hydrogens is 292 g/mol. The van der Waals surface area contributed by atoms with Gasteiger partial charge < -0.3 is 20.3 Å². The molecule has 6 heteroatoms. The molecule has 2 rings (SSSR count). The molecule has 1 unspecified atom stereocenters. The summed E-state index contributed by atoms with van der Waals surface area (Å²) in [5, 5.41) is 6.76. The summed E-state index contributed by atoms with van der Waals surface area (Å²) in [6.45, 7) is 2.73. The minimum absolute atomic E-state index is 0.0147. The normalized spacial score (nSPS) is 22.9. The molecular formula is C17H32N4O2. The number of rotatable bonds is 6. The highest BCUT2D eigenvalue weighted by molar-refractivity contribution is 5.84. The lowest BCUT2D eigenvalue weighted by molar-refractivity contribution is -0.127. The monoisotopic (exact) mass is 324 g/mol. The second kappa shape index (κ2) is 9.75. The fraction of sp³-hybridized carbons (Fsp3) is 0.882. The number of nitrogens with one attached hydrogen (secondary N) is 2. The number of carbonyl (C=O) groups is 1. The van der Waals surface area contributed by atoms with Crippen LogP contribution in [0.25, 0.3) is 0 Å². The summed E-state index contributed by atoms with van der Waals surface area (Å²) in [6, 6.07) is 0. The maximum Gasteiger partial charge on any atom is 0.243 e. The SMILES string of the molecule is CN(C)C(=O)CN=C(NCC1CCCCC1)NCC1CCCO1. The van der Waals surface area contributed by atoms with E-state index in [-0.39, 0.29) is 18.6 Å². The zero-order valence-electron chi connectivity index (χ0n) is 14.6. The second-order valence-electron chi connectivity index (χ2n) is 6.85. The smallest absolute Gasteiger partial charge is 0.243 e. The molecule has 0 bridgehead atoms. The Morgan fingerprint density at radius 3 is 2.48 bits per heavy atom. The van der Waals surface area contributed by atoms with Crippen molar-refractivity contribution in [2.75, 3.05) is 40.3 Å². The van der Waals surface area contributed by atoms with Crippen molar-refractivity contribution in [3.8, 4) is 0 Å². The molecule has 1 aliphatic heterocycles. The first-order valence-electron chi connectivity index (χ1n) is 8.99. The van der Waals surface area contributed by atoms with Gasteiger partial charge in [-0.2, -0.15) is 0 Å². The van der Waals surface area contributed by atoms with E-state index in [0.717, 1.165) is 44.4 Å². The lowest BCUT2D eigenvalue weighted by atomic mass is 9.89. The van der Waals surface area contributed by atoms with Crippen LogP contribution >= 0.6 is 0 Å². The van der Waals surface area contributed by atoms with E-state index in [1.54, 1.807) is 19.0 Å². The maximum atomic E-state index is 11.8. The molecule has 0 aromatic carbocycles. The number of hydrogen-bond acceptors (Lipinski definition) is 3. The first kappa shape index (κ1) is 18.0. The molecule has 2 N–H and O–H groups in total. The van der Waals surface area contributed by atoms with Crippen LogP contribution in [0.4, 0.5) is 0 Å². The molecule has 2 aliphatic rings. The lowest BCUT2D eigenvalue weighted by Gasteiger charge is -2.23. The largest absolute Gasteiger partial charge is 0.376 e. The van der Waals surface area contributed by atoms with Crippen LogP contribution < -0.4 is 10.6 Å². The number of amides is 1. The Morgan fingerprint density at radius 2 is 1.83 bits per heavy atom. The van der Waals surface area contributed by atoms with Crippen LogP contribution in [-0.4, -0.2) is 63.2 Å². The molecule has 0 radical (unpaired) electrons. The zero-order valence-corrected chi connectivity index (χ0v) is 14.6. The van der Waals surface area contributed by atoms with Crippen LogP contribution in [0.5, 0.6) is 0 Å². The third kappa shape index (κ3) is 6.77. The molecule has 0 spiro atoms. The van der Waals surface area contributed by atoms with Crippen molar-refractivity contribution in [2.45, 2.75) is 51.0 Å². The van der Waals surface area contributed by atoms with Gasteiger partial charge in [0.25, 0.3) is 0 Å². The average molecular weight is 324 g/mol. The van der Waals surface area contributed by atoms with Gasteiger partial charge in [-0.1, -0.05) is 19.3 Å². The van der Waals surface area contributed by atoms with E-state index < -0.39 is 0 Å². The number of aliphatic imine (C=N–C) groups is 1. The number of ether oxygens (including phenoxy) is 1. The van der Waals surface area contributed by atoms with Crippen molar-refractivity contribution in [3.63, 3.8) is 0 Å². The minimum atomic E-state index is 0.0147. The van der Waals surface area contributed by atoms with Crippen LogP contribution in [0, 0.1) is 5.92 Å². The van der Waals surface area contributed by atoms with E-state index in [1.165, 1.54) is 32.1 Å². The quantitative estimate of drug-likeness (QED) is 0.572. The van der Waals surface area contributed by atoms with Crippen LogP contribution in [0.3, 0.4) is 0 Å². The molecule has 1 saturated carbocycles. The topological polar surface area (TPSA) is 66.0 Å². The van der Waals surface area contributed by atoms with Gasteiger partial charge >= 0.3 is 0 Å². The summed E-state index contributed by atoms with van der Waals surface area (Å²) in [5.41, 5.74) is 0. The van der Waals surface area contributed by atoms with Crippen LogP contribution in [-0.2, 0) is 9.53 Å². The fourth-order valence-corrected chi connectivity index (χ4v) is 3.11. The number of carbonyl (C=O) groups excluding carboxylic acids is 1. The summed E-state index contributed by atoms with van der Waals surface area (Å²) in [7, 11) is 3.51. The molecule has 2 fully saturated rings. The van der Waals surface area contributed by atoms with Gasteiger partial charge in [0.2, 0.25) is 5.91 Å². The molecule has 132 valence electrons. The molecule has 1 amide bonds. The standard InChI is InChI=1S/C17H32N4O2/c1-21(2)16(22)13-20-17(19-12-15-9-6-10-23-15)18-11-14-7-4-3-5-8-14/h14-15H,3-13H2,1-2H3,(H2,18,19,20). The molecule has 6 nitrogen and oxygen atoms in total. The zero-order chi connectivity index (χ0) is 16.5. The Kier molecular flexibility index (Phi) is 7.65. The van der Waals surface area contributed by atoms with Gasteiger partial charge in [0.05, 0.1) is 6.10 Å². The Bertz CT molecular complexity index is 386. The Morgan fingerprint density at radius 1 is 1.09 bits per heavy atom. The van der Waals surface area contributed by atoms with E-state index in [1.807, 2.05) is 0 Å². The summed E-state index contributed by atoms with van der Waals surface area (Å²) < 4.78 is 5.64. The molecule has 1 heterocycles. The molecule has 1 saturated heterocycles. The molecule has 23 heavy (non-hydrogen) atoms. The molecule has 1 atom stereocenters. The van der Waals surface area contributed by atoms with E-state index in [2.05, 4.69) is 15.6 Å². The fourth-order valence-electron chi connectivity index (χ4n) is 3.11. The minimum Gasteiger partial charge on any atom is -0.376 e. The predicted octanol–water partition coefficient (Wildman–Crippen LogP) is 1.37. The van der Waals surface area contributed by atoms with Gasteiger partial charge in [-0.15, -0.1) is 0 Å². The molecule has 1 aliphatic carbocycles. The summed E-state index contributed by atoms with van der Waals surface area (Å²) in [6.07, 6.45) is 9.12. The van der Waals surface area contributed by atoms with Gasteiger partial charge in [-0.05, 0) is 31.6 Å². The third-order valence-corrected chi connectivity index (χ3v) is 4.68. The van der Waals surface area contributed by atoms with Crippen molar-refractivity contribution in [1.29, 1.82) is 0 Å². The van der Waals surface area contributed by atoms with Crippen LogP contribution in [0.15, 0.2) is 4.99 Å². The van der Waals surface area contributed by atoms with Gasteiger partial charge in [-0.3, -0.25) is 4.79 Å². The average Bonchev–Trinajstić information content (AvgIpc) is 3.08. The van der Waals surface area contributed by atoms with Gasteiger partial charge in [0.1, 0.15) is 6.54 Å². The first-order valence-corrected chi connectivity index (χ1v) is 8.99. The van der Waals surface area contributed by atoms with Crippen molar-refractivity contribution >= 4 is 11.9 Å². The lowest BCUT2D eigenvalue weighted by Crippen LogP contribution is -2.43. The first-order chi connectivity index (χ1) is 11.1. The highest BCUT2D eigenvalue weighted by Crippen LogP contribution is 2.22. The predicted molar refractivity (Wildman–Crippen MR) is 92.6 cm³/mol. The highest BCUT2D eigenvalue weighted by atomic mass is 16.5. The van der Waals surface area contributed by atoms with Crippen molar-refractivity contribution in [2.24, 2.45) is 10.9 Å². The highest BCUT2D eigenvalue weighted by Gasteiger charge is 2.17. The van der Waals surface area contributed by atoms with E-state index in [0.29, 0.717) is 0 Å². The number of hydrogen-bond donors (Lipinski definition) is 2. The molecule has 0 aromatic heterocycles. The Hall–Kier alpha value is -1.30. The summed E-state index contributed by atoms with van der Waals surface area (Å²) >= 11 is 0. The van der Waals surface area contributed by atoms with E-state index in [4.69, 9.17) is 4.74 Å². The van der Waals surface area contributed by atoms with E-state index in [9.17, 15) is 4.79 Å². The Balaban J connectivity index is 1.81. The van der Waals surface area contributed by atoms with Gasteiger partial charge in [-0.25, -0.2) is 4.99 Å². The van der Waals surface area contributed by atoms with Gasteiger partial charge in [0.15, 0.2) is 5.96 Å². The second-order valence-corrected chi connectivity index (χ2v) is 6.85. The van der Waals surface area contributed by atoms with Gasteiger partial charge in [0, 0.05) is 33.8 Å². The number of guanidine groups is 1. The molecule has 0 aromatic rings. The van der Waals surface area contributed by atoms with E-state index >= 15 is 0 Å². The summed E-state index contributed by atoms with van der Waals surface area (Å²) in [5.74, 6) is 1.48. The van der Waals surface area contributed by atoms with Crippen molar-refractivity contribution < 1.29 is 9.53 Å². The number of nitrogens with zero attached hydrogens (tertiary/aromatic N) is 2. The van der Waals surface area contributed by atoms with Crippen molar-refractivity contribution in [1.82, 2.24) is 15.5 Å². The van der Waals surface area contributed by atoms with Crippen LogP contribution in [0.2, 0.25) is 0 Å².